The Balaban J connectivity index is 2.14. The van der Waals surface area contributed by atoms with E-state index >= 15 is 0 Å². The number of aliphatic hydroxyl groups is 1. The highest BCUT2D eigenvalue weighted by Gasteiger charge is 2.36. The Bertz CT molecular complexity index is 1730. The number of ketones is 2. The van der Waals surface area contributed by atoms with E-state index in [1.807, 2.05) is 41.5 Å². The van der Waals surface area contributed by atoms with E-state index in [0.717, 1.165) is 5.56 Å². The summed E-state index contributed by atoms with van der Waals surface area (Å²) < 4.78 is 28.7. The van der Waals surface area contributed by atoms with Gasteiger partial charge in [0.05, 0.1) is 41.6 Å². The minimum atomic E-state index is -4.43. The third kappa shape index (κ3) is 10.6. The van der Waals surface area contributed by atoms with E-state index < -0.39 is 64.2 Å². The number of carbonyl (C=O) groups is 3. The van der Waals surface area contributed by atoms with Crippen molar-refractivity contribution in [2.24, 2.45) is 40.9 Å². The predicted molar refractivity (Wildman–Crippen MR) is 196 cm³/mol. The number of nitrogens with one attached hydrogen (secondary N) is 1. The molecule has 0 saturated carbocycles. The van der Waals surface area contributed by atoms with E-state index in [2.05, 4.69) is 15.0 Å². The van der Waals surface area contributed by atoms with Gasteiger partial charge in [-0.05, 0) is 55.7 Å². The van der Waals surface area contributed by atoms with E-state index in [1.165, 1.54) is 36.9 Å². The lowest BCUT2D eigenvalue weighted by Crippen LogP contribution is -2.49. The van der Waals surface area contributed by atoms with Gasteiger partial charge in [0.2, 0.25) is 0 Å². The maximum Gasteiger partial charge on any atom is 0.266 e. The molecule has 14 heteroatoms. The summed E-state index contributed by atoms with van der Waals surface area (Å²) in [4.78, 5) is 53.4. The summed E-state index contributed by atoms with van der Waals surface area (Å²) in [6.45, 7) is 12.5. The van der Waals surface area contributed by atoms with Gasteiger partial charge < -0.3 is 27.3 Å². The molecule has 0 aliphatic heterocycles. The van der Waals surface area contributed by atoms with Gasteiger partial charge in [-0.2, -0.15) is 0 Å². The van der Waals surface area contributed by atoms with E-state index in [0.29, 0.717) is 22.8 Å². The molecule has 13 nitrogen and oxygen atoms in total. The SMILES string of the molecule is CC[C@H](C)[C@H](N)C(=O)N(Cc1cc(C(=O)[C@@H](N)Cc2cnc[nH]2)c(C(=O)C(C[C@H](O)[C@@H](N)CC(C)C)C(C)C)cn1)S(=O)(=O)c1ccc(C)cc1. The second-order valence-corrected chi connectivity index (χ2v) is 16.2. The Morgan fingerprint density at radius 2 is 1.59 bits per heavy atom. The number of Topliss-reactive ketones (excluding diaryl/α,β-unsaturated/α-hetero) is 2. The number of pyridine rings is 1. The Kier molecular flexibility index (Phi) is 14.8. The van der Waals surface area contributed by atoms with Crippen molar-refractivity contribution >= 4 is 27.5 Å². The molecule has 6 atom stereocenters. The summed E-state index contributed by atoms with van der Waals surface area (Å²) in [6, 6.07) is 4.59. The molecule has 3 aromatic rings. The quantitative estimate of drug-likeness (QED) is 0.112. The van der Waals surface area contributed by atoms with Crippen LogP contribution in [0, 0.1) is 30.6 Å². The molecule has 0 aliphatic carbocycles. The number of nitrogens with zero attached hydrogens (tertiary/aromatic N) is 3. The van der Waals surface area contributed by atoms with E-state index in [1.54, 1.807) is 19.1 Å². The van der Waals surface area contributed by atoms with E-state index in [-0.39, 0.29) is 52.3 Å². The molecule has 0 spiro atoms. The van der Waals surface area contributed by atoms with Gasteiger partial charge in [-0.1, -0.05) is 65.7 Å². The molecule has 1 aromatic carbocycles. The van der Waals surface area contributed by atoms with Crippen LogP contribution < -0.4 is 17.2 Å². The fraction of sp³-hybridized carbons (Fsp3) is 0.541. The molecule has 0 bridgehead atoms. The first kappa shape index (κ1) is 41.6. The number of H-pyrrole nitrogens is 1. The zero-order chi connectivity index (χ0) is 38.2. The van der Waals surface area contributed by atoms with Gasteiger partial charge in [-0.15, -0.1) is 0 Å². The molecule has 2 aromatic heterocycles. The largest absolute Gasteiger partial charge is 0.391 e. The van der Waals surface area contributed by atoms with Crippen LogP contribution in [-0.4, -0.2) is 74.5 Å². The summed E-state index contributed by atoms with van der Waals surface area (Å²) >= 11 is 0. The number of benzene rings is 1. The number of sulfonamides is 1. The van der Waals surface area contributed by atoms with Crippen LogP contribution in [0.2, 0.25) is 0 Å². The lowest BCUT2D eigenvalue weighted by Gasteiger charge is -2.28. The second kappa shape index (κ2) is 18.1. The maximum atomic E-state index is 14.3. The predicted octanol–water partition coefficient (Wildman–Crippen LogP) is 3.54. The lowest BCUT2D eigenvalue weighted by molar-refractivity contribution is -0.129. The highest BCUT2D eigenvalue weighted by molar-refractivity contribution is 7.89. The number of aromatic amines is 1. The lowest BCUT2D eigenvalue weighted by atomic mass is 9.80. The normalized spacial score (nSPS) is 15.6. The van der Waals surface area contributed by atoms with Crippen molar-refractivity contribution in [2.75, 3.05) is 0 Å². The zero-order valence-corrected chi connectivity index (χ0v) is 31.6. The van der Waals surface area contributed by atoms with Crippen LogP contribution in [0.5, 0.6) is 0 Å². The number of rotatable bonds is 19. The number of aryl methyl sites for hydroxylation is 1. The highest BCUT2D eigenvalue weighted by atomic mass is 32.2. The van der Waals surface area contributed by atoms with Crippen molar-refractivity contribution in [2.45, 2.75) is 110 Å². The molecule has 2 heterocycles. The Morgan fingerprint density at radius 1 is 0.941 bits per heavy atom. The number of aromatic nitrogens is 3. The fourth-order valence-corrected chi connectivity index (χ4v) is 7.25. The van der Waals surface area contributed by atoms with Crippen LogP contribution >= 0.6 is 0 Å². The molecular formula is C37H55N7O6S. The number of amides is 1. The minimum absolute atomic E-state index is 0.0253. The minimum Gasteiger partial charge on any atom is -0.391 e. The molecule has 0 fully saturated rings. The summed E-state index contributed by atoms with van der Waals surface area (Å²) in [6.07, 6.45) is 4.47. The Morgan fingerprint density at radius 3 is 2.14 bits per heavy atom. The zero-order valence-electron chi connectivity index (χ0n) is 30.7. The number of hydrogen-bond donors (Lipinski definition) is 5. The number of aliphatic hydroxyl groups excluding tert-OH is 1. The number of imidazole rings is 1. The van der Waals surface area contributed by atoms with Crippen LogP contribution in [0.15, 0.2) is 53.9 Å². The van der Waals surface area contributed by atoms with Crippen molar-refractivity contribution in [1.82, 2.24) is 19.3 Å². The monoisotopic (exact) mass is 725 g/mol. The van der Waals surface area contributed by atoms with Crippen LogP contribution in [0.3, 0.4) is 0 Å². The molecule has 3 rings (SSSR count). The molecule has 0 aliphatic rings. The summed E-state index contributed by atoms with van der Waals surface area (Å²) in [7, 11) is -4.43. The van der Waals surface area contributed by atoms with Crippen molar-refractivity contribution < 1.29 is 27.9 Å². The third-order valence-electron chi connectivity index (χ3n) is 9.40. The van der Waals surface area contributed by atoms with Gasteiger partial charge in [0, 0.05) is 47.6 Å². The van der Waals surface area contributed by atoms with Crippen molar-refractivity contribution in [3.8, 4) is 0 Å². The maximum absolute atomic E-state index is 14.3. The first-order chi connectivity index (χ1) is 23.9. The Labute approximate surface area is 301 Å². The molecule has 280 valence electrons. The first-order valence-electron chi connectivity index (χ1n) is 17.5. The van der Waals surface area contributed by atoms with Crippen LogP contribution in [0.4, 0.5) is 0 Å². The van der Waals surface area contributed by atoms with Crippen LogP contribution in [0.25, 0.3) is 0 Å². The molecule has 0 radical (unpaired) electrons. The highest BCUT2D eigenvalue weighted by Crippen LogP contribution is 2.28. The number of carbonyl (C=O) groups excluding carboxylic acids is 3. The van der Waals surface area contributed by atoms with Crippen LogP contribution in [-0.2, 0) is 27.8 Å². The topological polar surface area (TPSA) is 228 Å². The van der Waals surface area contributed by atoms with Crippen molar-refractivity contribution in [1.29, 1.82) is 0 Å². The summed E-state index contributed by atoms with van der Waals surface area (Å²) in [5, 5.41) is 11.0. The molecule has 0 saturated heterocycles. The number of nitrogens with two attached hydrogens (primary N) is 3. The summed E-state index contributed by atoms with van der Waals surface area (Å²) in [5.41, 5.74) is 20.3. The fourth-order valence-electron chi connectivity index (χ4n) is 5.86. The van der Waals surface area contributed by atoms with Crippen LogP contribution in [0.1, 0.15) is 98.5 Å². The molecule has 1 amide bonds. The average Bonchev–Trinajstić information content (AvgIpc) is 3.60. The molecular weight excluding hydrogens is 671 g/mol. The molecule has 8 N–H and O–H groups in total. The van der Waals surface area contributed by atoms with Crippen molar-refractivity contribution in [3.05, 3.63) is 77.1 Å². The van der Waals surface area contributed by atoms with E-state index in [9.17, 15) is 27.9 Å². The number of hydrogen-bond acceptors (Lipinski definition) is 11. The molecule has 51 heavy (non-hydrogen) atoms. The van der Waals surface area contributed by atoms with Gasteiger partial charge in [0.1, 0.15) is 0 Å². The van der Waals surface area contributed by atoms with Gasteiger partial charge in [-0.25, -0.2) is 17.7 Å². The van der Waals surface area contributed by atoms with Gasteiger partial charge in [-0.3, -0.25) is 19.4 Å². The van der Waals surface area contributed by atoms with Gasteiger partial charge in [0.15, 0.2) is 11.6 Å². The van der Waals surface area contributed by atoms with E-state index in [4.69, 9.17) is 17.2 Å². The van der Waals surface area contributed by atoms with Gasteiger partial charge >= 0.3 is 0 Å². The second-order valence-electron chi connectivity index (χ2n) is 14.4. The molecule has 1 unspecified atom stereocenters. The smallest absolute Gasteiger partial charge is 0.266 e. The summed E-state index contributed by atoms with van der Waals surface area (Å²) in [5.74, 6) is -2.92. The van der Waals surface area contributed by atoms with Crippen molar-refractivity contribution in [3.63, 3.8) is 0 Å². The van der Waals surface area contributed by atoms with Gasteiger partial charge in [0.25, 0.3) is 15.9 Å². The standard InChI is InChI=1S/C37H55N7O6S/c1-8-24(7)34(40)37(48)44(51(49,50)27-11-9-23(6)10-12-27)19-26-14-29(36(47)32(39)15-25-17-41-20-43-25)30(18-42-26)35(46)28(22(4)5)16-33(45)31(38)13-21(2)3/h9-12,14,17-18,20-22,24,28,31-34,45H,8,13,15-16,19,38-40H2,1-7H3,(H,41,43)/t24-,28?,31-,32-,33-,34-/m0/s1. The average molecular weight is 726 g/mol. The Hall–Kier alpha value is -3.82. The third-order valence-corrected chi connectivity index (χ3v) is 11.2. The first-order valence-corrected chi connectivity index (χ1v) is 18.9.